The molecule has 2 aliphatic heterocycles. The van der Waals surface area contributed by atoms with Gasteiger partial charge in [0.1, 0.15) is 12.3 Å². The predicted molar refractivity (Wildman–Crippen MR) is 132 cm³/mol. The lowest BCUT2D eigenvalue weighted by Crippen LogP contribution is -2.40. The molecule has 1 aromatic heterocycles. The molecule has 2 aliphatic rings. The second-order valence-electron chi connectivity index (χ2n) is 8.61. The number of aryl methyl sites for hydroxylation is 1. The number of aliphatic hydroxyl groups is 1. The van der Waals surface area contributed by atoms with E-state index in [0.717, 1.165) is 20.9 Å². The average molecular weight is 514 g/mol. The Labute approximate surface area is 210 Å². The lowest BCUT2D eigenvalue weighted by Gasteiger charge is -2.28. The molecule has 0 radical (unpaired) electrons. The molecule has 3 aromatic rings. The Morgan fingerprint density at radius 3 is 2.80 bits per heavy atom. The summed E-state index contributed by atoms with van der Waals surface area (Å²) in [7, 11) is 0. The zero-order chi connectivity index (χ0) is 24.7. The van der Waals surface area contributed by atoms with E-state index in [-0.39, 0.29) is 18.9 Å². The highest BCUT2D eigenvalue weighted by atomic mass is 35.5. The summed E-state index contributed by atoms with van der Waals surface area (Å²) in [6.07, 6.45) is -0.252. The molecule has 0 aliphatic carbocycles. The number of benzene rings is 2. The molecule has 2 unspecified atom stereocenters. The molecular formula is C25H24ClN3O5S. The van der Waals surface area contributed by atoms with Crippen LogP contribution in [0.4, 0.5) is 0 Å². The number of aliphatic hydroxyl groups excluding tert-OH is 1. The van der Waals surface area contributed by atoms with Gasteiger partial charge >= 0.3 is 5.69 Å². The first-order valence-electron chi connectivity index (χ1n) is 11.4. The zero-order valence-corrected chi connectivity index (χ0v) is 20.4. The minimum absolute atomic E-state index is 0.0664. The summed E-state index contributed by atoms with van der Waals surface area (Å²) in [6, 6.07) is 13.3. The quantitative estimate of drug-likeness (QED) is 0.483. The fraction of sp³-hybridized carbons (Fsp3) is 0.320. The number of nitrogens with one attached hydrogen (secondary N) is 2. The highest BCUT2D eigenvalue weighted by Crippen LogP contribution is 2.46. The first-order valence-corrected chi connectivity index (χ1v) is 12.6. The number of aromatic amines is 1. The van der Waals surface area contributed by atoms with Crippen molar-refractivity contribution in [3.8, 4) is 0 Å². The number of ether oxygens (including phenoxy) is 1. The number of carbonyl (C=O) groups is 1. The average Bonchev–Trinajstić information content (AvgIpc) is 3.21. The van der Waals surface area contributed by atoms with Gasteiger partial charge in [-0.15, -0.1) is 0 Å². The van der Waals surface area contributed by atoms with Crippen molar-refractivity contribution in [3.05, 3.63) is 91.2 Å². The van der Waals surface area contributed by atoms with Crippen molar-refractivity contribution in [3.63, 3.8) is 0 Å². The van der Waals surface area contributed by atoms with Gasteiger partial charge in [-0.05, 0) is 41.8 Å². The van der Waals surface area contributed by atoms with Crippen LogP contribution in [-0.2, 0) is 16.0 Å². The van der Waals surface area contributed by atoms with Gasteiger partial charge in [-0.2, -0.15) is 0 Å². The van der Waals surface area contributed by atoms with Crippen LogP contribution in [0.15, 0.2) is 68.0 Å². The molecule has 0 bridgehead atoms. The summed E-state index contributed by atoms with van der Waals surface area (Å²) in [6.45, 7) is 1.88. The van der Waals surface area contributed by atoms with Crippen molar-refractivity contribution in [2.24, 2.45) is 0 Å². The number of rotatable bonds is 5. The molecule has 3 N–H and O–H groups in total. The Bertz CT molecular complexity index is 1400. The number of fused-ring (bicyclic) bond motifs is 2. The summed E-state index contributed by atoms with van der Waals surface area (Å²) < 4.78 is 7.22. The van der Waals surface area contributed by atoms with Crippen LogP contribution in [0, 0.1) is 0 Å². The molecule has 1 amide bonds. The monoisotopic (exact) mass is 513 g/mol. The number of H-pyrrole nitrogens is 1. The van der Waals surface area contributed by atoms with Gasteiger partial charge in [0.2, 0.25) is 5.91 Å². The SMILES string of the molecule is CCc1cn([C@@H]2CC(O)[C@H](CNC(=O)C3c4ccccc4Sc4ccc(Cl)cc43)O2)c(=O)[nH]c1=O. The molecule has 8 nitrogen and oxygen atoms in total. The summed E-state index contributed by atoms with van der Waals surface area (Å²) >= 11 is 7.85. The van der Waals surface area contributed by atoms with E-state index >= 15 is 0 Å². The number of aromatic nitrogens is 2. The van der Waals surface area contributed by atoms with Gasteiger partial charge < -0.3 is 15.2 Å². The van der Waals surface area contributed by atoms with Crippen molar-refractivity contribution in [1.82, 2.24) is 14.9 Å². The normalized spacial score (nSPS) is 22.9. The third-order valence-corrected chi connectivity index (χ3v) is 7.83. The maximum Gasteiger partial charge on any atom is 0.330 e. The number of hydrogen-bond donors (Lipinski definition) is 3. The van der Waals surface area contributed by atoms with Gasteiger partial charge in [-0.25, -0.2) is 4.79 Å². The van der Waals surface area contributed by atoms with Gasteiger partial charge in [0.15, 0.2) is 0 Å². The second-order valence-corrected chi connectivity index (χ2v) is 10.1. The van der Waals surface area contributed by atoms with E-state index in [9.17, 15) is 19.5 Å². The fourth-order valence-corrected chi connectivity index (χ4v) is 5.88. The molecule has 1 fully saturated rings. The van der Waals surface area contributed by atoms with Crippen LogP contribution in [-0.4, -0.2) is 39.3 Å². The number of hydrogen-bond acceptors (Lipinski definition) is 6. The third kappa shape index (κ3) is 4.56. The van der Waals surface area contributed by atoms with Crippen LogP contribution in [0.3, 0.4) is 0 Å². The van der Waals surface area contributed by atoms with E-state index < -0.39 is 35.6 Å². The minimum atomic E-state index is -0.889. The number of amides is 1. The smallest absolute Gasteiger partial charge is 0.330 e. The number of carbonyl (C=O) groups excluding carboxylic acids is 1. The van der Waals surface area contributed by atoms with E-state index in [1.807, 2.05) is 49.4 Å². The summed E-state index contributed by atoms with van der Waals surface area (Å²) in [5.74, 6) is -0.778. The highest BCUT2D eigenvalue weighted by molar-refractivity contribution is 7.99. The molecule has 1 saturated heterocycles. The second kappa shape index (κ2) is 9.66. The van der Waals surface area contributed by atoms with E-state index in [4.69, 9.17) is 16.3 Å². The summed E-state index contributed by atoms with van der Waals surface area (Å²) in [5.41, 5.74) is 1.14. The van der Waals surface area contributed by atoms with Gasteiger partial charge in [0.05, 0.1) is 12.0 Å². The van der Waals surface area contributed by atoms with Crippen LogP contribution < -0.4 is 16.6 Å². The van der Waals surface area contributed by atoms with Crippen molar-refractivity contribution < 1.29 is 14.6 Å². The maximum absolute atomic E-state index is 13.4. The zero-order valence-electron chi connectivity index (χ0n) is 18.9. The number of halogens is 1. The largest absolute Gasteiger partial charge is 0.390 e. The van der Waals surface area contributed by atoms with Crippen LogP contribution in [0.25, 0.3) is 0 Å². The Kier molecular flexibility index (Phi) is 6.59. The molecule has 3 heterocycles. The molecular weight excluding hydrogens is 490 g/mol. The van der Waals surface area contributed by atoms with Crippen LogP contribution in [0.5, 0.6) is 0 Å². The molecule has 35 heavy (non-hydrogen) atoms. The van der Waals surface area contributed by atoms with Crippen LogP contribution in [0.2, 0.25) is 5.02 Å². The minimum Gasteiger partial charge on any atom is -0.390 e. The first-order chi connectivity index (χ1) is 16.9. The first kappa shape index (κ1) is 23.9. The van der Waals surface area contributed by atoms with Crippen LogP contribution in [0.1, 0.15) is 42.2 Å². The molecule has 4 atom stereocenters. The van der Waals surface area contributed by atoms with E-state index in [1.165, 1.54) is 10.8 Å². The van der Waals surface area contributed by atoms with Gasteiger partial charge in [0, 0.05) is 39.5 Å². The summed E-state index contributed by atoms with van der Waals surface area (Å²) in [5, 5.41) is 14.1. The Balaban J connectivity index is 1.34. The van der Waals surface area contributed by atoms with E-state index in [1.54, 1.807) is 11.8 Å². The van der Waals surface area contributed by atoms with Gasteiger partial charge in [-0.1, -0.05) is 48.5 Å². The Morgan fingerprint density at radius 2 is 2.00 bits per heavy atom. The molecule has 0 saturated carbocycles. The van der Waals surface area contributed by atoms with Crippen molar-refractivity contribution >= 4 is 29.3 Å². The van der Waals surface area contributed by atoms with E-state index in [0.29, 0.717) is 17.0 Å². The molecule has 5 rings (SSSR count). The number of nitrogens with zero attached hydrogens (tertiary/aromatic N) is 1. The predicted octanol–water partition coefficient (Wildman–Crippen LogP) is 2.81. The fourth-order valence-electron chi connectivity index (χ4n) is 4.58. The molecule has 0 spiro atoms. The Hall–Kier alpha value is -2.85. The molecule has 2 aromatic carbocycles. The Morgan fingerprint density at radius 1 is 1.23 bits per heavy atom. The highest BCUT2D eigenvalue weighted by Gasteiger charge is 2.37. The van der Waals surface area contributed by atoms with Crippen molar-refractivity contribution in [2.45, 2.75) is 53.9 Å². The molecule has 182 valence electrons. The standard InChI is InChI=1S/C25H24ClN3O5S/c1-2-13-12-29(25(33)28-23(13)31)21-10-17(30)18(34-21)11-27-24(32)22-15-5-3-4-6-19(15)35-20-8-7-14(26)9-16(20)22/h3-9,12,17-18,21-22,30H,2,10-11H2,1H3,(H,27,32)(H,28,31,33)/t17?,18-,21-,22?/m0/s1. The lowest BCUT2D eigenvalue weighted by molar-refractivity contribution is -0.122. The van der Waals surface area contributed by atoms with Gasteiger partial charge in [0.25, 0.3) is 5.56 Å². The summed E-state index contributed by atoms with van der Waals surface area (Å²) in [4.78, 5) is 41.9. The van der Waals surface area contributed by atoms with Crippen LogP contribution >= 0.6 is 23.4 Å². The molecule has 10 heteroatoms. The van der Waals surface area contributed by atoms with E-state index in [2.05, 4.69) is 10.3 Å². The van der Waals surface area contributed by atoms with Gasteiger partial charge in [-0.3, -0.25) is 19.1 Å². The lowest BCUT2D eigenvalue weighted by atomic mass is 9.89. The topological polar surface area (TPSA) is 113 Å². The maximum atomic E-state index is 13.4. The third-order valence-electron chi connectivity index (χ3n) is 6.41. The van der Waals surface area contributed by atoms with Crippen molar-refractivity contribution in [2.75, 3.05) is 6.54 Å². The van der Waals surface area contributed by atoms with Crippen molar-refractivity contribution in [1.29, 1.82) is 0 Å².